The van der Waals surface area contributed by atoms with Gasteiger partial charge in [0.15, 0.2) is 0 Å². The molecule has 0 aliphatic rings. The second-order valence-electron chi connectivity index (χ2n) is 6.92. The van der Waals surface area contributed by atoms with Crippen molar-refractivity contribution in [3.8, 4) is 5.75 Å². The first-order chi connectivity index (χ1) is 14.0. The zero-order valence-electron chi connectivity index (χ0n) is 17.2. The number of rotatable bonds is 9. The Labute approximate surface area is 179 Å². The summed E-state index contributed by atoms with van der Waals surface area (Å²) in [6, 6.07) is 7.95. The molecule has 3 rings (SSSR count). The SMILES string of the molecule is COCCN(Cc1csc(COc2cc(C)cc(C)c2C)n1)C(=O)c1cccs1. The molecule has 0 unspecified atom stereocenters. The van der Waals surface area contributed by atoms with Crippen molar-refractivity contribution >= 4 is 28.6 Å². The van der Waals surface area contributed by atoms with Gasteiger partial charge in [-0.1, -0.05) is 12.1 Å². The van der Waals surface area contributed by atoms with E-state index in [1.54, 1.807) is 23.3 Å². The third-order valence-electron chi connectivity index (χ3n) is 4.65. The van der Waals surface area contributed by atoms with Gasteiger partial charge in [-0.25, -0.2) is 4.98 Å². The molecule has 3 aromatic rings. The van der Waals surface area contributed by atoms with Gasteiger partial charge in [0.05, 0.1) is 23.7 Å². The highest BCUT2D eigenvalue weighted by Gasteiger charge is 2.18. The molecule has 2 aromatic heterocycles. The van der Waals surface area contributed by atoms with Crippen molar-refractivity contribution in [2.75, 3.05) is 20.3 Å². The molecular formula is C22H26N2O3S2. The minimum Gasteiger partial charge on any atom is -0.486 e. The molecule has 0 aliphatic heterocycles. The van der Waals surface area contributed by atoms with E-state index in [1.165, 1.54) is 22.5 Å². The van der Waals surface area contributed by atoms with Crippen molar-refractivity contribution in [1.29, 1.82) is 0 Å². The van der Waals surface area contributed by atoms with Crippen molar-refractivity contribution in [2.45, 2.75) is 33.9 Å². The maximum absolute atomic E-state index is 12.8. The fourth-order valence-electron chi connectivity index (χ4n) is 2.98. The van der Waals surface area contributed by atoms with Crippen LogP contribution in [0.25, 0.3) is 0 Å². The lowest BCUT2D eigenvalue weighted by Crippen LogP contribution is -2.33. The highest BCUT2D eigenvalue weighted by Crippen LogP contribution is 2.25. The number of carbonyl (C=O) groups is 1. The van der Waals surface area contributed by atoms with Crippen LogP contribution in [0.3, 0.4) is 0 Å². The van der Waals surface area contributed by atoms with Gasteiger partial charge < -0.3 is 14.4 Å². The van der Waals surface area contributed by atoms with Crippen molar-refractivity contribution in [2.24, 2.45) is 0 Å². The first-order valence-electron chi connectivity index (χ1n) is 9.43. The normalized spacial score (nSPS) is 10.9. The van der Waals surface area contributed by atoms with E-state index >= 15 is 0 Å². The molecule has 1 amide bonds. The molecule has 0 atom stereocenters. The Morgan fingerprint density at radius 2 is 2.03 bits per heavy atom. The van der Waals surface area contributed by atoms with E-state index in [1.807, 2.05) is 22.9 Å². The minimum absolute atomic E-state index is 0.00807. The van der Waals surface area contributed by atoms with Gasteiger partial charge in [0.2, 0.25) is 0 Å². The molecule has 7 heteroatoms. The Hall–Kier alpha value is -2.22. The average Bonchev–Trinajstić information content (AvgIpc) is 3.38. The molecule has 5 nitrogen and oxygen atoms in total. The fraction of sp³-hybridized carbons (Fsp3) is 0.364. The van der Waals surface area contributed by atoms with Gasteiger partial charge in [-0.15, -0.1) is 22.7 Å². The third kappa shape index (κ3) is 5.65. The Bertz CT molecular complexity index is 951. The summed E-state index contributed by atoms with van der Waals surface area (Å²) < 4.78 is 11.2. The van der Waals surface area contributed by atoms with Crippen LogP contribution in [-0.4, -0.2) is 36.1 Å². The Kier molecular flexibility index (Phi) is 7.41. The van der Waals surface area contributed by atoms with Gasteiger partial charge in [0, 0.05) is 19.0 Å². The highest BCUT2D eigenvalue weighted by atomic mass is 32.1. The molecule has 29 heavy (non-hydrogen) atoms. The highest BCUT2D eigenvalue weighted by molar-refractivity contribution is 7.12. The monoisotopic (exact) mass is 430 g/mol. The Morgan fingerprint density at radius 1 is 1.21 bits per heavy atom. The zero-order valence-corrected chi connectivity index (χ0v) is 18.9. The summed E-state index contributed by atoms with van der Waals surface area (Å²) >= 11 is 3.00. The summed E-state index contributed by atoms with van der Waals surface area (Å²) in [6.45, 7) is 8.13. The smallest absolute Gasteiger partial charge is 0.264 e. The Balaban J connectivity index is 1.65. The molecule has 0 fully saturated rings. The lowest BCUT2D eigenvalue weighted by Gasteiger charge is -2.20. The summed E-state index contributed by atoms with van der Waals surface area (Å²) in [6.07, 6.45) is 0. The lowest BCUT2D eigenvalue weighted by molar-refractivity contribution is 0.0683. The number of nitrogens with zero attached hydrogens (tertiary/aromatic N) is 2. The largest absolute Gasteiger partial charge is 0.486 e. The van der Waals surface area contributed by atoms with Gasteiger partial charge in [-0.05, 0) is 55.0 Å². The van der Waals surface area contributed by atoms with Gasteiger partial charge in [0.1, 0.15) is 17.4 Å². The number of amides is 1. The number of aryl methyl sites for hydroxylation is 2. The van der Waals surface area contributed by atoms with E-state index in [9.17, 15) is 4.79 Å². The minimum atomic E-state index is 0.00807. The number of benzene rings is 1. The summed E-state index contributed by atoms with van der Waals surface area (Å²) in [4.78, 5) is 19.9. The fourth-order valence-corrected chi connectivity index (χ4v) is 4.37. The van der Waals surface area contributed by atoms with Crippen LogP contribution >= 0.6 is 22.7 Å². The second-order valence-corrected chi connectivity index (χ2v) is 8.81. The first kappa shape index (κ1) is 21.5. The van der Waals surface area contributed by atoms with E-state index in [0.717, 1.165) is 26.9 Å². The maximum Gasteiger partial charge on any atom is 0.264 e. The zero-order chi connectivity index (χ0) is 20.8. The van der Waals surface area contributed by atoms with Crippen LogP contribution in [0.1, 0.15) is 37.1 Å². The van der Waals surface area contributed by atoms with E-state index in [0.29, 0.717) is 26.3 Å². The topological polar surface area (TPSA) is 51.7 Å². The summed E-state index contributed by atoms with van der Waals surface area (Å²) in [5, 5.41) is 4.80. The molecule has 0 spiro atoms. The molecule has 154 valence electrons. The van der Waals surface area contributed by atoms with E-state index in [4.69, 9.17) is 9.47 Å². The molecule has 0 radical (unpaired) electrons. The molecule has 0 aliphatic carbocycles. The lowest BCUT2D eigenvalue weighted by atomic mass is 10.1. The molecule has 0 saturated carbocycles. The van der Waals surface area contributed by atoms with Crippen LogP contribution in [0.15, 0.2) is 35.0 Å². The van der Waals surface area contributed by atoms with E-state index in [2.05, 4.69) is 37.9 Å². The van der Waals surface area contributed by atoms with Gasteiger partial charge in [-0.3, -0.25) is 4.79 Å². The van der Waals surface area contributed by atoms with Crippen LogP contribution < -0.4 is 4.74 Å². The molecule has 0 saturated heterocycles. The number of carbonyl (C=O) groups excluding carboxylic acids is 1. The molecule has 0 bridgehead atoms. The molecule has 0 N–H and O–H groups in total. The van der Waals surface area contributed by atoms with Gasteiger partial charge in [0.25, 0.3) is 5.91 Å². The number of ether oxygens (including phenoxy) is 2. The number of methoxy groups -OCH3 is 1. The quantitative estimate of drug-likeness (QED) is 0.479. The van der Waals surface area contributed by atoms with Crippen LogP contribution in [-0.2, 0) is 17.9 Å². The van der Waals surface area contributed by atoms with Crippen LogP contribution in [0.5, 0.6) is 5.75 Å². The standard InChI is InChI=1S/C22H26N2O3S2/c1-15-10-16(2)17(3)19(11-15)27-13-21-23-18(14-29-21)12-24(7-8-26-4)22(25)20-6-5-9-28-20/h5-6,9-11,14H,7-8,12-13H2,1-4H3. The number of thiophene rings is 1. The van der Waals surface area contributed by atoms with Crippen LogP contribution in [0.2, 0.25) is 0 Å². The number of thiazole rings is 1. The van der Waals surface area contributed by atoms with Crippen molar-refractivity contribution in [1.82, 2.24) is 9.88 Å². The number of hydrogen-bond acceptors (Lipinski definition) is 6. The predicted molar refractivity (Wildman–Crippen MR) is 118 cm³/mol. The molecular weight excluding hydrogens is 404 g/mol. The van der Waals surface area contributed by atoms with E-state index in [-0.39, 0.29) is 5.91 Å². The maximum atomic E-state index is 12.8. The Morgan fingerprint density at radius 3 is 2.76 bits per heavy atom. The third-order valence-corrected chi connectivity index (χ3v) is 6.38. The van der Waals surface area contributed by atoms with Crippen molar-refractivity contribution < 1.29 is 14.3 Å². The first-order valence-corrected chi connectivity index (χ1v) is 11.2. The summed E-state index contributed by atoms with van der Waals surface area (Å²) in [7, 11) is 1.64. The number of aromatic nitrogens is 1. The number of hydrogen-bond donors (Lipinski definition) is 0. The van der Waals surface area contributed by atoms with Gasteiger partial charge in [-0.2, -0.15) is 0 Å². The summed E-state index contributed by atoms with van der Waals surface area (Å²) in [5.41, 5.74) is 4.43. The summed E-state index contributed by atoms with van der Waals surface area (Å²) in [5.74, 6) is 0.905. The molecule has 2 heterocycles. The van der Waals surface area contributed by atoms with Crippen molar-refractivity contribution in [3.05, 3.63) is 67.3 Å². The van der Waals surface area contributed by atoms with Crippen LogP contribution in [0, 0.1) is 20.8 Å². The van der Waals surface area contributed by atoms with E-state index < -0.39 is 0 Å². The average molecular weight is 431 g/mol. The van der Waals surface area contributed by atoms with Gasteiger partial charge >= 0.3 is 0 Å². The molecule has 1 aromatic carbocycles. The second kappa shape index (κ2) is 10.0. The van der Waals surface area contributed by atoms with Crippen molar-refractivity contribution in [3.63, 3.8) is 0 Å². The predicted octanol–water partition coefficient (Wildman–Crippen LogP) is 5.00. The van der Waals surface area contributed by atoms with Crippen LogP contribution in [0.4, 0.5) is 0 Å².